The molecule has 66 heavy (non-hydrogen) atoms. The number of ether oxygens (including phenoxy) is 3. The lowest BCUT2D eigenvalue weighted by Crippen LogP contribution is -2.11. The largest absolute Gasteiger partial charge is 0.379 e. The van der Waals surface area contributed by atoms with Gasteiger partial charge in [0, 0.05) is 13.2 Å². The second kappa shape index (κ2) is 72.3. The number of benzene rings is 2. The average Bonchev–Trinajstić information content (AvgIpc) is 3.22. The highest BCUT2D eigenvalue weighted by molar-refractivity contribution is 5.15. The maximum absolute atomic E-state index is 5.36. The van der Waals surface area contributed by atoms with Crippen LogP contribution >= 0.6 is 0 Å². The molecule has 2 aromatic rings. The van der Waals surface area contributed by atoms with E-state index < -0.39 is 0 Å². The van der Waals surface area contributed by atoms with Crippen LogP contribution in [-0.2, 0) is 27.1 Å². The van der Waals surface area contributed by atoms with Crippen LogP contribution in [0.4, 0.5) is 0 Å². The Kier molecular flexibility index (Phi) is 89.0. The lowest BCUT2D eigenvalue weighted by atomic mass is 10.0. The van der Waals surface area contributed by atoms with E-state index in [-0.39, 0.29) is 0 Å². The van der Waals surface area contributed by atoms with E-state index in [0.29, 0.717) is 32.3 Å². The number of nitrogens with two attached hydrogens (primary N) is 1. The maximum Gasteiger partial charge on any atom is 0.0701 e. The van der Waals surface area contributed by atoms with E-state index in [9.17, 15) is 0 Å². The molecule has 0 unspecified atom stereocenters. The van der Waals surface area contributed by atoms with Crippen molar-refractivity contribution in [2.75, 3.05) is 46.2 Å². The van der Waals surface area contributed by atoms with E-state index in [2.05, 4.69) is 213 Å². The van der Waals surface area contributed by atoms with E-state index >= 15 is 0 Å². The van der Waals surface area contributed by atoms with Crippen LogP contribution in [0.3, 0.4) is 0 Å². The second-order valence-electron chi connectivity index (χ2n) is 20.4. The Morgan fingerprint density at radius 3 is 0.803 bits per heavy atom. The molecule has 0 heterocycles. The third kappa shape index (κ3) is 119. The first-order valence-corrected chi connectivity index (χ1v) is 27.6. The number of hydrogen-bond acceptors (Lipinski definition) is 4. The van der Waals surface area contributed by atoms with Gasteiger partial charge in [-0.2, -0.15) is 0 Å². The van der Waals surface area contributed by atoms with Crippen LogP contribution in [0.25, 0.3) is 0 Å². The van der Waals surface area contributed by atoms with Gasteiger partial charge in [-0.1, -0.05) is 279 Å². The summed E-state index contributed by atoms with van der Waals surface area (Å²) >= 11 is 0. The first-order valence-electron chi connectivity index (χ1n) is 27.6. The van der Waals surface area contributed by atoms with Crippen molar-refractivity contribution < 1.29 is 14.2 Å². The predicted octanol–water partition coefficient (Wildman–Crippen LogP) is 19.9. The summed E-state index contributed by atoms with van der Waals surface area (Å²) in [6, 6.07) is 21.2. The minimum atomic E-state index is 0.600. The first kappa shape index (κ1) is 81.3. The Balaban J connectivity index is -0.0000000985. The van der Waals surface area contributed by atoms with Crippen LogP contribution in [0.15, 0.2) is 60.7 Å². The molecular formula is C62H129NO3. The summed E-state index contributed by atoms with van der Waals surface area (Å²) in [6.45, 7) is 59.7. The highest BCUT2D eigenvalue weighted by Crippen LogP contribution is 2.07. The summed E-state index contributed by atoms with van der Waals surface area (Å²) in [6.07, 6.45) is 12.9. The van der Waals surface area contributed by atoms with Crippen molar-refractivity contribution in [1.29, 1.82) is 0 Å². The maximum atomic E-state index is 5.36. The molecule has 400 valence electrons. The molecule has 0 fully saturated rings. The number of rotatable bonds is 21. The van der Waals surface area contributed by atoms with E-state index in [4.69, 9.17) is 19.9 Å². The normalized spacial score (nSPS) is 9.85. The van der Waals surface area contributed by atoms with Gasteiger partial charge in [0.2, 0.25) is 0 Å². The molecular weight excluding hydrogens is 807 g/mol. The van der Waals surface area contributed by atoms with E-state index in [1.54, 1.807) is 0 Å². The Labute approximate surface area is 420 Å². The quantitative estimate of drug-likeness (QED) is 0.127. The van der Waals surface area contributed by atoms with Crippen molar-refractivity contribution >= 4 is 0 Å². The van der Waals surface area contributed by atoms with Gasteiger partial charge in [-0.05, 0) is 84.3 Å². The minimum absolute atomic E-state index is 0.600. The van der Waals surface area contributed by atoms with Gasteiger partial charge in [-0.25, -0.2) is 0 Å². The Hall–Kier alpha value is -1.72. The van der Waals surface area contributed by atoms with Gasteiger partial charge in [0.25, 0.3) is 0 Å². The molecule has 0 radical (unpaired) electrons. The van der Waals surface area contributed by atoms with Crippen molar-refractivity contribution in [2.24, 2.45) is 53.1 Å². The minimum Gasteiger partial charge on any atom is -0.379 e. The third-order valence-electron chi connectivity index (χ3n) is 7.93. The SMILES string of the molecule is CC.CC(C)C.CC(C)Cc1ccccc1.CC(C)Cc1ccccc1.CCC(C)C.CCCC(C)C.CCCC(C)C.CCCC(C)C.CCCOCCOCCOCC(C)C.CCN. The zero-order chi connectivity index (χ0) is 53.0. The van der Waals surface area contributed by atoms with E-state index in [1.165, 1.54) is 68.9 Å². The van der Waals surface area contributed by atoms with E-state index in [1.807, 2.05) is 20.8 Å². The van der Waals surface area contributed by atoms with Gasteiger partial charge in [0.1, 0.15) is 0 Å². The first-order chi connectivity index (χ1) is 31.1. The van der Waals surface area contributed by atoms with Crippen LogP contribution in [0.1, 0.15) is 236 Å². The van der Waals surface area contributed by atoms with Crippen molar-refractivity contribution in [2.45, 2.75) is 237 Å². The monoisotopic (exact) mass is 936 g/mol. The summed E-state index contributed by atoms with van der Waals surface area (Å²) in [5.41, 5.74) is 7.73. The van der Waals surface area contributed by atoms with Gasteiger partial charge in [-0.15, -0.1) is 0 Å². The molecule has 0 saturated carbocycles. The smallest absolute Gasteiger partial charge is 0.0701 e. The van der Waals surface area contributed by atoms with Crippen molar-refractivity contribution in [3.8, 4) is 0 Å². The average molecular weight is 937 g/mol. The molecule has 0 aliphatic rings. The van der Waals surface area contributed by atoms with Crippen LogP contribution in [0.2, 0.25) is 0 Å². The van der Waals surface area contributed by atoms with Crippen molar-refractivity contribution in [1.82, 2.24) is 0 Å². The molecule has 0 saturated heterocycles. The lowest BCUT2D eigenvalue weighted by molar-refractivity contribution is 0.00968. The Bertz CT molecular complexity index is 915. The highest BCUT2D eigenvalue weighted by atomic mass is 16.5. The van der Waals surface area contributed by atoms with Gasteiger partial charge >= 0.3 is 0 Å². The zero-order valence-electron chi connectivity index (χ0n) is 50.2. The molecule has 2 rings (SSSR count). The van der Waals surface area contributed by atoms with Crippen LogP contribution in [-0.4, -0.2) is 46.2 Å². The molecule has 0 atom stereocenters. The van der Waals surface area contributed by atoms with Crippen LogP contribution in [0.5, 0.6) is 0 Å². The molecule has 0 aromatic heterocycles. The molecule has 2 aromatic carbocycles. The molecule has 0 amide bonds. The summed E-state index contributed by atoms with van der Waals surface area (Å²) in [4.78, 5) is 0. The van der Waals surface area contributed by atoms with Crippen LogP contribution < -0.4 is 5.73 Å². The molecule has 2 N–H and O–H groups in total. The van der Waals surface area contributed by atoms with Gasteiger partial charge < -0.3 is 19.9 Å². The Morgan fingerprint density at radius 2 is 0.621 bits per heavy atom. The molecule has 0 bridgehead atoms. The molecule has 0 spiro atoms. The van der Waals surface area contributed by atoms with E-state index in [0.717, 1.165) is 67.6 Å². The van der Waals surface area contributed by atoms with Gasteiger partial charge in [0.15, 0.2) is 0 Å². The molecule has 0 aliphatic heterocycles. The fourth-order valence-electron chi connectivity index (χ4n) is 4.81. The predicted molar refractivity (Wildman–Crippen MR) is 309 cm³/mol. The van der Waals surface area contributed by atoms with Crippen molar-refractivity contribution in [3.63, 3.8) is 0 Å². The summed E-state index contributed by atoms with van der Waals surface area (Å²) in [5.74, 6) is 6.54. The van der Waals surface area contributed by atoms with Crippen molar-refractivity contribution in [3.05, 3.63) is 71.8 Å². The lowest BCUT2D eigenvalue weighted by Gasteiger charge is -2.07. The van der Waals surface area contributed by atoms with Gasteiger partial charge in [0.05, 0.1) is 26.4 Å². The van der Waals surface area contributed by atoms with Crippen LogP contribution in [0, 0.1) is 47.3 Å². The molecule has 4 heteroatoms. The summed E-state index contributed by atoms with van der Waals surface area (Å²) < 4.78 is 15.9. The summed E-state index contributed by atoms with van der Waals surface area (Å²) in [5, 5.41) is 0. The topological polar surface area (TPSA) is 53.7 Å². The fraction of sp³-hybridized carbons (Fsp3) is 0.806. The standard InChI is InChI=1S/C11H24O3.2C10H14.3C6H14.C5H12.C4H10.C2H7N.C2H6/c1-4-5-12-6-7-13-8-9-14-10-11(2)3;2*1-9(2)8-10-6-4-3-5-7-10;3*1-4-5-6(2)3;1-4-5(2)3;1-4(2)3;1-2-3;1-2/h11H,4-10H2,1-3H3;2*3-7,9H,8H2,1-2H3;3*6H,4-5H2,1-3H3;5H,4H2,1-3H3;4H,1-3H3;2-3H2,1H3;1-2H3. The zero-order valence-corrected chi connectivity index (χ0v) is 50.2. The fourth-order valence-corrected chi connectivity index (χ4v) is 4.81. The summed E-state index contributed by atoms with van der Waals surface area (Å²) in [7, 11) is 0. The second-order valence-corrected chi connectivity index (χ2v) is 20.4. The molecule has 0 aliphatic carbocycles. The molecule has 4 nitrogen and oxygen atoms in total. The number of hydrogen-bond donors (Lipinski definition) is 1. The Morgan fingerprint density at radius 1 is 0.364 bits per heavy atom. The van der Waals surface area contributed by atoms with Gasteiger partial charge in [-0.3, -0.25) is 0 Å². The third-order valence-corrected chi connectivity index (χ3v) is 7.93. The highest BCUT2D eigenvalue weighted by Gasteiger charge is 1.96.